The predicted octanol–water partition coefficient (Wildman–Crippen LogP) is 1.79. The van der Waals surface area contributed by atoms with E-state index in [1.54, 1.807) is 4.90 Å². The molecule has 0 aliphatic carbocycles. The fourth-order valence-electron chi connectivity index (χ4n) is 2.38. The van der Waals surface area contributed by atoms with E-state index >= 15 is 0 Å². The minimum Gasteiger partial charge on any atom is -0.480 e. The van der Waals surface area contributed by atoms with E-state index in [1.807, 2.05) is 32.6 Å². The van der Waals surface area contributed by atoms with Gasteiger partial charge in [0.1, 0.15) is 5.60 Å². The van der Waals surface area contributed by atoms with E-state index in [0.717, 1.165) is 12.8 Å². The summed E-state index contributed by atoms with van der Waals surface area (Å²) >= 11 is 0. The number of likely N-dealkylation sites (N-methyl/N-ethyl adjacent to an activating group) is 1. The molecular weight excluding hydrogens is 260 g/mol. The molecule has 1 amide bonds. The summed E-state index contributed by atoms with van der Waals surface area (Å²) in [6.45, 7) is 9.40. The summed E-state index contributed by atoms with van der Waals surface area (Å²) in [6.07, 6.45) is 1.54. The number of amides is 1. The van der Waals surface area contributed by atoms with Gasteiger partial charge in [-0.25, -0.2) is 4.79 Å². The molecule has 0 unspecified atom stereocenters. The van der Waals surface area contributed by atoms with E-state index < -0.39 is 11.6 Å². The van der Waals surface area contributed by atoms with Crippen molar-refractivity contribution in [2.75, 3.05) is 26.2 Å². The Balaban J connectivity index is 2.60. The van der Waals surface area contributed by atoms with Gasteiger partial charge in [0.2, 0.25) is 0 Å². The fourth-order valence-corrected chi connectivity index (χ4v) is 2.38. The molecule has 0 aromatic heterocycles. The number of carboxylic acid groups (broad SMARTS) is 1. The number of ether oxygens (including phenoxy) is 1. The van der Waals surface area contributed by atoms with Crippen LogP contribution in [0.3, 0.4) is 0 Å². The van der Waals surface area contributed by atoms with Gasteiger partial charge < -0.3 is 14.7 Å². The Kier molecular flexibility index (Phi) is 5.80. The first-order chi connectivity index (χ1) is 9.23. The standard InChI is InChI=1S/C14H26N2O4/c1-5-15(10-12(17)18)9-11-7-6-8-16(11)13(19)20-14(2,3)4/h11H,5-10H2,1-4H3,(H,17,18)/t11-/m0/s1. The molecule has 0 radical (unpaired) electrons. The Bertz CT molecular complexity index is 352. The van der Waals surface area contributed by atoms with Crippen molar-refractivity contribution in [3.05, 3.63) is 0 Å². The zero-order valence-corrected chi connectivity index (χ0v) is 12.9. The van der Waals surface area contributed by atoms with Crippen LogP contribution in [0, 0.1) is 0 Å². The zero-order valence-electron chi connectivity index (χ0n) is 12.9. The van der Waals surface area contributed by atoms with Crippen molar-refractivity contribution < 1.29 is 19.4 Å². The maximum Gasteiger partial charge on any atom is 0.410 e. The van der Waals surface area contributed by atoms with Crippen LogP contribution in [0.2, 0.25) is 0 Å². The van der Waals surface area contributed by atoms with Crippen molar-refractivity contribution >= 4 is 12.1 Å². The second-order valence-corrected chi connectivity index (χ2v) is 6.19. The zero-order chi connectivity index (χ0) is 15.3. The quantitative estimate of drug-likeness (QED) is 0.834. The number of hydrogen-bond acceptors (Lipinski definition) is 4. The molecule has 0 saturated carbocycles. The number of aliphatic carboxylic acids is 1. The van der Waals surface area contributed by atoms with E-state index in [1.165, 1.54) is 0 Å². The first kappa shape index (κ1) is 16.8. The average molecular weight is 286 g/mol. The van der Waals surface area contributed by atoms with Gasteiger partial charge in [-0.1, -0.05) is 6.92 Å². The lowest BCUT2D eigenvalue weighted by Gasteiger charge is -2.31. The van der Waals surface area contributed by atoms with Crippen molar-refractivity contribution in [2.24, 2.45) is 0 Å². The maximum absolute atomic E-state index is 12.1. The first-order valence-corrected chi connectivity index (χ1v) is 7.16. The van der Waals surface area contributed by atoms with E-state index in [2.05, 4.69) is 0 Å². The molecule has 1 rings (SSSR count). The summed E-state index contributed by atoms with van der Waals surface area (Å²) in [4.78, 5) is 26.5. The number of carboxylic acids is 1. The van der Waals surface area contributed by atoms with Gasteiger partial charge in [0.05, 0.1) is 6.54 Å². The van der Waals surface area contributed by atoms with E-state index in [4.69, 9.17) is 9.84 Å². The molecule has 1 atom stereocenters. The average Bonchev–Trinajstić information content (AvgIpc) is 2.73. The monoisotopic (exact) mass is 286 g/mol. The molecule has 1 aliphatic rings. The normalized spacial score (nSPS) is 19.4. The second-order valence-electron chi connectivity index (χ2n) is 6.19. The molecule has 20 heavy (non-hydrogen) atoms. The Morgan fingerprint density at radius 3 is 2.55 bits per heavy atom. The number of nitrogens with zero attached hydrogens (tertiary/aromatic N) is 2. The summed E-state index contributed by atoms with van der Waals surface area (Å²) in [7, 11) is 0. The highest BCUT2D eigenvalue weighted by Gasteiger charge is 2.33. The summed E-state index contributed by atoms with van der Waals surface area (Å²) < 4.78 is 5.40. The largest absolute Gasteiger partial charge is 0.480 e. The van der Waals surface area contributed by atoms with Gasteiger partial charge in [0.25, 0.3) is 0 Å². The van der Waals surface area contributed by atoms with Crippen molar-refractivity contribution in [1.82, 2.24) is 9.80 Å². The van der Waals surface area contributed by atoms with Gasteiger partial charge in [-0.2, -0.15) is 0 Å². The molecule has 6 nitrogen and oxygen atoms in total. The first-order valence-electron chi connectivity index (χ1n) is 7.16. The molecule has 1 aliphatic heterocycles. The van der Waals surface area contributed by atoms with Crippen LogP contribution in [0.15, 0.2) is 0 Å². The van der Waals surface area contributed by atoms with Gasteiger partial charge in [-0.05, 0) is 40.2 Å². The predicted molar refractivity (Wildman–Crippen MR) is 75.7 cm³/mol. The fraction of sp³-hybridized carbons (Fsp3) is 0.857. The van der Waals surface area contributed by atoms with Crippen molar-refractivity contribution in [3.8, 4) is 0 Å². The van der Waals surface area contributed by atoms with Crippen molar-refractivity contribution in [3.63, 3.8) is 0 Å². The minimum atomic E-state index is -0.839. The van der Waals surface area contributed by atoms with Crippen molar-refractivity contribution in [1.29, 1.82) is 0 Å². The molecule has 0 aromatic carbocycles. The Morgan fingerprint density at radius 1 is 1.40 bits per heavy atom. The van der Waals surface area contributed by atoms with Crippen LogP contribution < -0.4 is 0 Å². The Labute approximate surface area is 120 Å². The third-order valence-corrected chi connectivity index (χ3v) is 3.28. The van der Waals surface area contributed by atoms with Crippen LogP contribution in [-0.4, -0.2) is 64.8 Å². The summed E-state index contributed by atoms with van der Waals surface area (Å²) in [5.41, 5.74) is -0.504. The van der Waals surface area contributed by atoms with Crippen LogP contribution in [0.4, 0.5) is 4.79 Å². The minimum absolute atomic E-state index is 0.00909. The Hall–Kier alpha value is -1.30. The molecule has 6 heteroatoms. The lowest BCUT2D eigenvalue weighted by atomic mass is 10.2. The summed E-state index contributed by atoms with van der Waals surface area (Å²) in [6, 6.07) is 0.0455. The van der Waals surface area contributed by atoms with Gasteiger partial charge in [-0.3, -0.25) is 9.69 Å². The summed E-state index contributed by atoms with van der Waals surface area (Å²) in [5, 5.41) is 8.87. The number of carbonyl (C=O) groups is 2. The molecule has 0 spiro atoms. The number of hydrogen-bond donors (Lipinski definition) is 1. The third kappa shape index (κ3) is 5.36. The van der Waals surface area contributed by atoms with E-state index in [-0.39, 0.29) is 18.7 Å². The highest BCUT2D eigenvalue weighted by atomic mass is 16.6. The summed E-state index contributed by atoms with van der Waals surface area (Å²) in [5.74, 6) is -0.839. The smallest absolute Gasteiger partial charge is 0.410 e. The van der Waals surface area contributed by atoms with Crippen LogP contribution in [0.25, 0.3) is 0 Å². The number of rotatable bonds is 5. The van der Waals surface area contributed by atoms with E-state index in [9.17, 15) is 9.59 Å². The molecule has 0 aromatic rings. The SMILES string of the molecule is CCN(CC(=O)O)C[C@@H]1CCCN1C(=O)OC(C)(C)C. The second kappa shape index (κ2) is 6.92. The highest BCUT2D eigenvalue weighted by molar-refractivity contribution is 5.69. The third-order valence-electron chi connectivity index (χ3n) is 3.28. The van der Waals surface area contributed by atoms with Crippen molar-refractivity contribution in [2.45, 2.75) is 52.2 Å². The lowest BCUT2D eigenvalue weighted by molar-refractivity contribution is -0.138. The van der Waals surface area contributed by atoms with Crippen LogP contribution in [0.5, 0.6) is 0 Å². The number of carbonyl (C=O) groups excluding carboxylic acids is 1. The molecule has 116 valence electrons. The van der Waals surface area contributed by atoms with Gasteiger partial charge in [0.15, 0.2) is 0 Å². The van der Waals surface area contributed by atoms with Gasteiger partial charge in [0, 0.05) is 19.1 Å². The number of likely N-dealkylation sites (tertiary alicyclic amines) is 1. The van der Waals surface area contributed by atoms with Crippen LogP contribution in [0.1, 0.15) is 40.5 Å². The molecular formula is C14H26N2O4. The van der Waals surface area contributed by atoms with Gasteiger partial charge >= 0.3 is 12.1 Å². The van der Waals surface area contributed by atoms with Crippen LogP contribution >= 0.6 is 0 Å². The van der Waals surface area contributed by atoms with Crippen LogP contribution in [-0.2, 0) is 9.53 Å². The molecule has 1 saturated heterocycles. The van der Waals surface area contributed by atoms with Gasteiger partial charge in [-0.15, -0.1) is 0 Å². The molecule has 1 N–H and O–H groups in total. The molecule has 0 bridgehead atoms. The Morgan fingerprint density at radius 2 is 2.05 bits per heavy atom. The highest BCUT2D eigenvalue weighted by Crippen LogP contribution is 2.21. The topological polar surface area (TPSA) is 70.1 Å². The maximum atomic E-state index is 12.1. The molecule has 1 fully saturated rings. The lowest BCUT2D eigenvalue weighted by Crippen LogP contribution is -2.46. The van der Waals surface area contributed by atoms with E-state index in [0.29, 0.717) is 19.6 Å². The molecule has 1 heterocycles.